The lowest BCUT2D eigenvalue weighted by Crippen LogP contribution is -2.36. The number of sulfonamides is 1. The Labute approximate surface area is 96.2 Å². The van der Waals surface area contributed by atoms with Crippen molar-refractivity contribution in [1.82, 2.24) is 15.4 Å². The van der Waals surface area contributed by atoms with Gasteiger partial charge in [-0.1, -0.05) is 0 Å². The zero-order valence-corrected chi connectivity index (χ0v) is 10.3. The molecule has 1 aliphatic rings. The van der Waals surface area contributed by atoms with E-state index >= 15 is 0 Å². The van der Waals surface area contributed by atoms with E-state index in [1.54, 1.807) is 0 Å². The van der Waals surface area contributed by atoms with Crippen LogP contribution >= 0.6 is 0 Å². The summed E-state index contributed by atoms with van der Waals surface area (Å²) >= 11 is 0. The van der Waals surface area contributed by atoms with E-state index in [4.69, 9.17) is 0 Å². The summed E-state index contributed by atoms with van der Waals surface area (Å²) in [5.74, 6) is -0.0359. The van der Waals surface area contributed by atoms with Crippen LogP contribution in [-0.4, -0.2) is 46.3 Å². The Bertz CT molecular complexity index is 325. The number of rotatable bonds is 8. The Morgan fingerprint density at radius 1 is 1.31 bits per heavy atom. The topological polar surface area (TPSA) is 87.3 Å². The van der Waals surface area contributed by atoms with Gasteiger partial charge < -0.3 is 10.6 Å². The van der Waals surface area contributed by atoms with Crippen LogP contribution < -0.4 is 15.4 Å². The summed E-state index contributed by atoms with van der Waals surface area (Å²) in [7, 11) is -3.11. The van der Waals surface area contributed by atoms with Gasteiger partial charge in [-0.25, -0.2) is 13.1 Å². The lowest BCUT2D eigenvalue weighted by molar-refractivity contribution is -0.120. The zero-order chi connectivity index (χ0) is 12.0. The summed E-state index contributed by atoms with van der Waals surface area (Å²) in [5, 5.41) is 5.81. The van der Waals surface area contributed by atoms with Gasteiger partial charge in [0.05, 0.1) is 12.8 Å². The van der Waals surface area contributed by atoms with Crippen molar-refractivity contribution in [3.05, 3.63) is 0 Å². The minimum atomic E-state index is -3.11. The van der Waals surface area contributed by atoms with E-state index in [9.17, 15) is 13.2 Å². The van der Waals surface area contributed by atoms with Gasteiger partial charge in [0.25, 0.3) is 0 Å². The molecule has 0 saturated heterocycles. The second-order valence-corrected chi connectivity index (χ2v) is 5.86. The van der Waals surface area contributed by atoms with Crippen LogP contribution in [0, 0.1) is 0 Å². The number of carbonyl (C=O) groups is 1. The molecule has 0 aromatic heterocycles. The molecular weight excluding hydrogens is 230 g/mol. The van der Waals surface area contributed by atoms with Crippen molar-refractivity contribution < 1.29 is 13.2 Å². The Balaban J connectivity index is 1.91. The molecule has 0 aliphatic heterocycles. The lowest BCUT2D eigenvalue weighted by Gasteiger charge is -2.06. The number of amides is 1. The maximum atomic E-state index is 11.2. The first-order valence-electron chi connectivity index (χ1n) is 5.42. The maximum Gasteiger partial charge on any atom is 0.233 e. The molecular formula is C9H19N3O3S. The van der Waals surface area contributed by atoms with Crippen LogP contribution in [0.2, 0.25) is 0 Å². The number of hydrogen-bond acceptors (Lipinski definition) is 4. The normalized spacial score (nSPS) is 16.1. The third kappa shape index (κ3) is 7.61. The van der Waals surface area contributed by atoms with Gasteiger partial charge in [0.15, 0.2) is 0 Å². The SMILES string of the molecule is CS(=O)(=O)NCCCNC(=O)CNC1CC1. The van der Waals surface area contributed by atoms with Crippen molar-refractivity contribution in [2.24, 2.45) is 0 Å². The van der Waals surface area contributed by atoms with Gasteiger partial charge in [0, 0.05) is 19.1 Å². The van der Waals surface area contributed by atoms with Gasteiger partial charge in [0.2, 0.25) is 15.9 Å². The highest BCUT2D eigenvalue weighted by Crippen LogP contribution is 2.17. The van der Waals surface area contributed by atoms with E-state index in [1.807, 2.05) is 0 Å². The van der Waals surface area contributed by atoms with Gasteiger partial charge in [-0.15, -0.1) is 0 Å². The van der Waals surface area contributed by atoms with Crippen molar-refractivity contribution in [2.75, 3.05) is 25.9 Å². The summed E-state index contributed by atoms with van der Waals surface area (Å²) in [6.45, 7) is 1.20. The average Bonchev–Trinajstić information content (AvgIpc) is 2.95. The second-order valence-electron chi connectivity index (χ2n) is 4.03. The molecule has 0 radical (unpaired) electrons. The summed E-state index contributed by atoms with van der Waals surface area (Å²) in [6.07, 6.45) is 4.03. The smallest absolute Gasteiger partial charge is 0.233 e. The number of carbonyl (C=O) groups excluding carboxylic acids is 1. The highest BCUT2D eigenvalue weighted by molar-refractivity contribution is 7.88. The van der Waals surface area contributed by atoms with Crippen molar-refractivity contribution in [2.45, 2.75) is 25.3 Å². The van der Waals surface area contributed by atoms with Crippen LogP contribution in [0.3, 0.4) is 0 Å². The van der Waals surface area contributed by atoms with E-state index in [-0.39, 0.29) is 5.91 Å². The lowest BCUT2D eigenvalue weighted by atomic mass is 10.4. The van der Waals surface area contributed by atoms with Crippen molar-refractivity contribution in [1.29, 1.82) is 0 Å². The van der Waals surface area contributed by atoms with Gasteiger partial charge >= 0.3 is 0 Å². The largest absolute Gasteiger partial charge is 0.355 e. The van der Waals surface area contributed by atoms with E-state index in [0.29, 0.717) is 32.1 Å². The second kappa shape index (κ2) is 6.17. The summed E-state index contributed by atoms with van der Waals surface area (Å²) in [6, 6.07) is 0.526. The van der Waals surface area contributed by atoms with E-state index in [0.717, 1.165) is 19.1 Å². The Kier molecular flexibility index (Phi) is 5.17. The van der Waals surface area contributed by atoms with E-state index in [1.165, 1.54) is 0 Å². The molecule has 0 heterocycles. The van der Waals surface area contributed by atoms with E-state index < -0.39 is 10.0 Å². The Hall–Kier alpha value is -0.660. The average molecular weight is 249 g/mol. The minimum absolute atomic E-state index is 0.0359. The van der Waals surface area contributed by atoms with Crippen LogP contribution in [0.4, 0.5) is 0 Å². The van der Waals surface area contributed by atoms with Crippen LogP contribution in [0.25, 0.3) is 0 Å². The van der Waals surface area contributed by atoms with Gasteiger partial charge in [0.1, 0.15) is 0 Å². The molecule has 0 atom stereocenters. The molecule has 1 saturated carbocycles. The first-order valence-corrected chi connectivity index (χ1v) is 7.31. The molecule has 0 aromatic rings. The fraction of sp³-hybridized carbons (Fsp3) is 0.889. The third-order valence-electron chi connectivity index (χ3n) is 2.17. The molecule has 1 aliphatic carbocycles. The fourth-order valence-electron chi connectivity index (χ4n) is 1.16. The summed E-state index contributed by atoms with van der Waals surface area (Å²) < 4.78 is 23.8. The predicted octanol–water partition coefficient (Wildman–Crippen LogP) is -1.21. The molecule has 1 rings (SSSR count). The molecule has 94 valence electrons. The molecule has 1 amide bonds. The van der Waals surface area contributed by atoms with Crippen molar-refractivity contribution in [3.8, 4) is 0 Å². The monoisotopic (exact) mass is 249 g/mol. The Morgan fingerprint density at radius 2 is 2.00 bits per heavy atom. The first kappa shape index (κ1) is 13.4. The molecule has 7 heteroatoms. The van der Waals surface area contributed by atoms with Crippen LogP contribution in [0.1, 0.15) is 19.3 Å². The molecule has 0 aromatic carbocycles. The molecule has 1 fully saturated rings. The third-order valence-corrected chi connectivity index (χ3v) is 2.90. The minimum Gasteiger partial charge on any atom is -0.355 e. The standard InChI is InChI=1S/C9H19N3O3S/c1-16(14,15)12-6-2-5-10-9(13)7-11-8-3-4-8/h8,11-12H,2-7H2,1H3,(H,10,13). The highest BCUT2D eigenvalue weighted by atomic mass is 32.2. The first-order chi connectivity index (χ1) is 7.47. The predicted molar refractivity (Wildman–Crippen MR) is 61.5 cm³/mol. The zero-order valence-electron chi connectivity index (χ0n) is 9.45. The fourth-order valence-corrected chi connectivity index (χ4v) is 1.68. The van der Waals surface area contributed by atoms with Gasteiger partial charge in [-0.2, -0.15) is 0 Å². The van der Waals surface area contributed by atoms with Gasteiger partial charge in [-0.3, -0.25) is 4.79 Å². The van der Waals surface area contributed by atoms with Crippen molar-refractivity contribution in [3.63, 3.8) is 0 Å². The van der Waals surface area contributed by atoms with Gasteiger partial charge in [-0.05, 0) is 19.3 Å². The molecule has 0 bridgehead atoms. The quantitative estimate of drug-likeness (QED) is 0.471. The van der Waals surface area contributed by atoms with Crippen LogP contribution in [-0.2, 0) is 14.8 Å². The molecule has 3 N–H and O–H groups in total. The molecule has 16 heavy (non-hydrogen) atoms. The number of hydrogen-bond donors (Lipinski definition) is 3. The maximum absolute atomic E-state index is 11.2. The molecule has 6 nitrogen and oxygen atoms in total. The number of nitrogens with one attached hydrogen (secondary N) is 3. The summed E-state index contributed by atoms with van der Waals surface area (Å²) in [5.41, 5.74) is 0. The van der Waals surface area contributed by atoms with Crippen LogP contribution in [0.15, 0.2) is 0 Å². The van der Waals surface area contributed by atoms with E-state index in [2.05, 4.69) is 15.4 Å². The van der Waals surface area contributed by atoms with Crippen LogP contribution in [0.5, 0.6) is 0 Å². The Morgan fingerprint density at radius 3 is 2.56 bits per heavy atom. The summed E-state index contributed by atoms with van der Waals surface area (Å²) in [4.78, 5) is 11.2. The molecule has 0 unspecified atom stereocenters. The highest BCUT2D eigenvalue weighted by Gasteiger charge is 2.20. The molecule has 0 spiro atoms. The van der Waals surface area contributed by atoms with Crippen molar-refractivity contribution >= 4 is 15.9 Å².